The van der Waals surface area contributed by atoms with Gasteiger partial charge in [0.2, 0.25) is 0 Å². The first-order valence-electron chi connectivity index (χ1n) is 8.32. The van der Waals surface area contributed by atoms with E-state index in [-0.39, 0.29) is 12.5 Å². The zero-order chi connectivity index (χ0) is 16.8. The third-order valence-electron chi connectivity index (χ3n) is 4.26. The van der Waals surface area contributed by atoms with Crippen molar-refractivity contribution >= 4 is 11.7 Å². The fourth-order valence-corrected chi connectivity index (χ4v) is 3.08. The third-order valence-corrected chi connectivity index (χ3v) is 4.26. The molecule has 1 aliphatic heterocycles. The number of anilines is 1. The van der Waals surface area contributed by atoms with E-state index in [2.05, 4.69) is 19.9 Å². The number of pyridine rings is 1. The van der Waals surface area contributed by atoms with Crippen LogP contribution in [0.4, 0.5) is 5.82 Å². The molecule has 3 heterocycles. The Balaban J connectivity index is 1.59. The predicted octanol–water partition coefficient (Wildman–Crippen LogP) is 1.23. The monoisotopic (exact) mass is 329 g/mol. The molecule has 2 aromatic rings. The number of nitrogens with one attached hydrogen (secondary N) is 1. The van der Waals surface area contributed by atoms with Crippen LogP contribution in [0, 0.1) is 5.92 Å². The van der Waals surface area contributed by atoms with Crippen molar-refractivity contribution in [2.24, 2.45) is 5.92 Å². The number of aliphatic hydroxyl groups is 1. The quantitative estimate of drug-likeness (QED) is 0.833. The average molecular weight is 329 g/mol. The van der Waals surface area contributed by atoms with Crippen LogP contribution in [0.2, 0.25) is 0 Å². The number of carbonyl (C=O) groups excluding carboxylic acids is 1. The van der Waals surface area contributed by atoms with Crippen LogP contribution in [-0.2, 0) is 6.54 Å². The highest BCUT2D eigenvalue weighted by atomic mass is 16.3. The second-order valence-corrected chi connectivity index (χ2v) is 6.10. The Labute approximate surface area is 141 Å². The lowest BCUT2D eigenvalue weighted by atomic mass is 9.97. The fourth-order valence-electron chi connectivity index (χ4n) is 3.08. The molecule has 128 valence electrons. The molecule has 7 nitrogen and oxygen atoms in total. The normalized spacial score (nSPS) is 17.7. The second kappa shape index (κ2) is 7.92. The van der Waals surface area contributed by atoms with E-state index in [9.17, 15) is 4.79 Å². The van der Waals surface area contributed by atoms with Crippen molar-refractivity contribution in [3.63, 3.8) is 0 Å². The van der Waals surface area contributed by atoms with Gasteiger partial charge < -0.3 is 19.9 Å². The van der Waals surface area contributed by atoms with Gasteiger partial charge in [-0.05, 0) is 30.9 Å². The van der Waals surface area contributed by atoms with Crippen molar-refractivity contribution in [3.05, 3.63) is 42.6 Å². The zero-order valence-corrected chi connectivity index (χ0v) is 13.6. The molecule has 0 aromatic carbocycles. The number of aliphatic hydroxyl groups excluding tert-OH is 1. The molecule has 2 N–H and O–H groups in total. The molecule has 1 atom stereocenters. The summed E-state index contributed by atoms with van der Waals surface area (Å²) in [4.78, 5) is 22.9. The summed E-state index contributed by atoms with van der Waals surface area (Å²) < 4.78 is 2.07. The molecule has 1 amide bonds. The van der Waals surface area contributed by atoms with Gasteiger partial charge in [-0.25, -0.2) is 9.97 Å². The van der Waals surface area contributed by atoms with Crippen molar-refractivity contribution in [3.8, 4) is 0 Å². The minimum atomic E-state index is 0.0338. The molecule has 7 heteroatoms. The summed E-state index contributed by atoms with van der Waals surface area (Å²) >= 11 is 0. The van der Waals surface area contributed by atoms with E-state index < -0.39 is 0 Å². The average Bonchev–Trinajstić information content (AvgIpc) is 3.13. The number of hydrogen-bond acceptors (Lipinski definition) is 5. The highest BCUT2D eigenvalue weighted by Crippen LogP contribution is 2.20. The maximum atomic E-state index is 12.7. The molecule has 0 bridgehead atoms. The van der Waals surface area contributed by atoms with Gasteiger partial charge in [0.25, 0.3) is 5.91 Å². The van der Waals surface area contributed by atoms with Crippen molar-refractivity contribution in [2.75, 3.05) is 31.6 Å². The van der Waals surface area contributed by atoms with Gasteiger partial charge >= 0.3 is 0 Å². The molecule has 1 aliphatic rings. The zero-order valence-electron chi connectivity index (χ0n) is 13.6. The number of amides is 1. The summed E-state index contributed by atoms with van der Waals surface area (Å²) in [6.07, 6.45) is 9.32. The second-order valence-electron chi connectivity index (χ2n) is 6.10. The molecule has 3 rings (SSSR count). The van der Waals surface area contributed by atoms with Crippen molar-refractivity contribution in [1.82, 2.24) is 19.4 Å². The van der Waals surface area contributed by atoms with E-state index in [1.165, 1.54) is 0 Å². The van der Waals surface area contributed by atoms with E-state index in [0.29, 0.717) is 23.8 Å². The molecule has 0 radical (unpaired) electrons. The fraction of sp³-hybridized carbons (Fsp3) is 0.471. The first kappa shape index (κ1) is 16.4. The Kier molecular flexibility index (Phi) is 5.43. The van der Waals surface area contributed by atoms with E-state index >= 15 is 0 Å². The smallest absolute Gasteiger partial charge is 0.255 e. The van der Waals surface area contributed by atoms with Crippen LogP contribution in [0.3, 0.4) is 0 Å². The van der Waals surface area contributed by atoms with Crippen LogP contribution in [0.5, 0.6) is 0 Å². The van der Waals surface area contributed by atoms with Gasteiger partial charge in [-0.3, -0.25) is 4.79 Å². The highest BCUT2D eigenvalue weighted by Gasteiger charge is 2.24. The van der Waals surface area contributed by atoms with E-state index in [0.717, 1.165) is 32.5 Å². The summed E-state index contributed by atoms with van der Waals surface area (Å²) in [6.45, 7) is 2.95. The molecule has 0 unspecified atom stereocenters. The number of rotatable bonds is 6. The van der Waals surface area contributed by atoms with Crippen LogP contribution in [0.1, 0.15) is 23.2 Å². The maximum absolute atomic E-state index is 12.7. The topological polar surface area (TPSA) is 83.3 Å². The first-order valence-corrected chi connectivity index (χ1v) is 8.32. The lowest BCUT2D eigenvalue weighted by molar-refractivity contribution is 0.0662. The maximum Gasteiger partial charge on any atom is 0.255 e. The standard InChI is InChI=1S/C17H23N5O2/c23-9-6-19-16-4-3-15(10-20-16)17(24)22-7-1-2-14(12-22)11-21-8-5-18-13-21/h3-5,8,10,13-14,23H,1-2,6-7,9,11-12H2,(H,19,20)/t14-/m0/s1. The summed E-state index contributed by atoms with van der Waals surface area (Å²) in [5.41, 5.74) is 0.604. The third kappa shape index (κ3) is 4.11. The number of nitrogens with zero attached hydrogens (tertiary/aromatic N) is 4. The van der Waals surface area contributed by atoms with Crippen LogP contribution in [-0.4, -0.2) is 56.7 Å². The van der Waals surface area contributed by atoms with Crippen LogP contribution in [0.25, 0.3) is 0 Å². The summed E-state index contributed by atoms with van der Waals surface area (Å²) in [6, 6.07) is 3.56. The first-order chi connectivity index (χ1) is 11.8. The summed E-state index contributed by atoms with van der Waals surface area (Å²) in [5.74, 6) is 1.15. The molecular weight excluding hydrogens is 306 g/mol. The minimum Gasteiger partial charge on any atom is -0.395 e. The van der Waals surface area contributed by atoms with Gasteiger partial charge in [0.1, 0.15) is 5.82 Å². The molecule has 0 spiro atoms. The van der Waals surface area contributed by atoms with Gasteiger partial charge in [0.05, 0.1) is 18.5 Å². The molecule has 1 saturated heterocycles. The van der Waals surface area contributed by atoms with Crippen LogP contribution >= 0.6 is 0 Å². The Hall–Kier alpha value is -2.41. The number of aromatic nitrogens is 3. The van der Waals surface area contributed by atoms with Gasteiger partial charge in [-0.15, -0.1) is 0 Å². The molecule has 0 saturated carbocycles. The van der Waals surface area contributed by atoms with Gasteiger partial charge in [0.15, 0.2) is 0 Å². The van der Waals surface area contributed by atoms with Gasteiger partial charge in [-0.1, -0.05) is 0 Å². The summed E-state index contributed by atoms with van der Waals surface area (Å²) in [5, 5.41) is 11.8. The van der Waals surface area contributed by atoms with Gasteiger partial charge in [-0.2, -0.15) is 0 Å². The van der Waals surface area contributed by atoms with Crippen molar-refractivity contribution < 1.29 is 9.90 Å². The SMILES string of the molecule is O=C(c1ccc(NCCO)nc1)N1CCC[C@@H](Cn2ccnc2)C1. The lowest BCUT2D eigenvalue weighted by Crippen LogP contribution is -2.41. The minimum absolute atomic E-state index is 0.0338. The van der Waals surface area contributed by atoms with E-state index in [1.807, 2.05) is 17.4 Å². The lowest BCUT2D eigenvalue weighted by Gasteiger charge is -2.33. The number of imidazole rings is 1. The Morgan fingerprint density at radius 3 is 3.04 bits per heavy atom. The number of carbonyl (C=O) groups is 1. The molecule has 1 fully saturated rings. The largest absolute Gasteiger partial charge is 0.395 e. The van der Waals surface area contributed by atoms with E-state index in [1.54, 1.807) is 24.5 Å². The van der Waals surface area contributed by atoms with Crippen molar-refractivity contribution in [2.45, 2.75) is 19.4 Å². The number of piperidine rings is 1. The number of hydrogen-bond donors (Lipinski definition) is 2. The molecule has 24 heavy (non-hydrogen) atoms. The Morgan fingerprint density at radius 1 is 1.42 bits per heavy atom. The van der Waals surface area contributed by atoms with Crippen LogP contribution in [0.15, 0.2) is 37.1 Å². The number of likely N-dealkylation sites (tertiary alicyclic amines) is 1. The summed E-state index contributed by atoms with van der Waals surface area (Å²) in [7, 11) is 0. The van der Waals surface area contributed by atoms with E-state index in [4.69, 9.17) is 5.11 Å². The Bertz CT molecular complexity index is 642. The Morgan fingerprint density at radius 2 is 2.33 bits per heavy atom. The molecule has 0 aliphatic carbocycles. The predicted molar refractivity (Wildman–Crippen MR) is 90.7 cm³/mol. The van der Waals surface area contributed by atoms with Crippen LogP contribution < -0.4 is 5.32 Å². The highest BCUT2D eigenvalue weighted by molar-refractivity contribution is 5.94. The van der Waals surface area contributed by atoms with Gasteiger partial charge in [0, 0.05) is 44.8 Å². The molecular formula is C17H23N5O2. The molecule has 2 aromatic heterocycles. The van der Waals surface area contributed by atoms with Crippen molar-refractivity contribution in [1.29, 1.82) is 0 Å².